The number of nitrogens with one attached hydrogen (secondary N) is 2. The predicted molar refractivity (Wildman–Crippen MR) is 80.4 cm³/mol. The highest BCUT2D eigenvalue weighted by Gasteiger charge is 2.32. The molecule has 0 aliphatic heterocycles. The van der Waals surface area contributed by atoms with Crippen LogP contribution in [0.5, 0.6) is 0 Å². The van der Waals surface area contributed by atoms with E-state index in [2.05, 4.69) is 10.0 Å². The van der Waals surface area contributed by atoms with E-state index < -0.39 is 10.0 Å². The van der Waals surface area contributed by atoms with Gasteiger partial charge >= 0.3 is 0 Å². The maximum Gasteiger partial charge on any atom is 0.240 e. The van der Waals surface area contributed by atoms with Gasteiger partial charge in [-0.2, -0.15) is 0 Å². The Labute approximate surface area is 126 Å². The van der Waals surface area contributed by atoms with Crippen molar-refractivity contribution in [3.63, 3.8) is 0 Å². The topological polar surface area (TPSA) is 67.4 Å². The van der Waals surface area contributed by atoms with Gasteiger partial charge in [0.05, 0.1) is 11.0 Å². The molecule has 21 heavy (non-hydrogen) atoms. The summed E-state index contributed by atoms with van der Waals surface area (Å²) in [4.78, 5) is 0.332. The third kappa shape index (κ3) is 3.83. The second kappa shape index (κ2) is 6.04. The first-order valence-electron chi connectivity index (χ1n) is 7.44. The van der Waals surface area contributed by atoms with E-state index in [0.717, 1.165) is 24.9 Å². The van der Waals surface area contributed by atoms with E-state index in [0.29, 0.717) is 10.9 Å². The molecule has 2 aliphatic carbocycles. The number of ether oxygens (including phenoxy) is 1. The molecule has 0 unspecified atom stereocenters. The molecule has 2 N–H and O–H groups in total. The molecular weight excluding hydrogens is 288 g/mol. The van der Waals surface area contributed by atoms with E-state index in [1.54, 1.807) is 19.2 Å². The minimum absolute atomic E-state index is 0.00356. The van der Waals surface area contributed by atoms with Crippen molar-refractivity contribution in [2.45, 2.75) is 55.3 Å². The fraction of sp³-hybridized carbons (Fsp3) is 0.600. The van der Waals surface area contributed by atoms with Crippen molar-refractivity contribution in [1.82, 2.24) is 10.0 Å². The maximum absolute atomic E-state index is 12.3. The van der Waals surface area contributed by atoms with Gasteiger partial charge in [0.1, 0.15) is 0 Å². The lowest BCUT2D eigenvalue weighted by Gasteiger charge is -2.34. The van der Waals surface area contributed by atoms with Crippen LogP contribution in [-0.4, -0.2) is 33.7 Å². The van der Waals surface area contributed by atoms with Gasteiger partial charge in [-0.05, 0) is 43.4 Å². The molecule has 0 saturated heterocycles. The van der Waals surface area contributed by atoms with Gasteiger partial charge in [0, 0.05) is 25.7 Å². The van der Waals surface area contributed by atoms with Gasteiger partial charge in [0.25, 0.3) is 0 Å². The van der Waals surface area contributed by atoms with Crippen LogP contribution < -0.4 is 10.0 Å². The molecule has 5 nitrogen and oxygen atoms in total. The van der Waals surface area contributed by atoms with Crippen LogP contribution >= 0.6 is 0 Å². The number of methoxy groups -OCH3 is 1. The molecule has 0 amide bonds. The molecule has 0 atom stereocenters. The highest BCUT2D eigenvalue weighted by Crippen LogP contribution is 2.24. The fourth-order valence-corrected chi connectivity index (χ4v) is 3.74. The average molecular weight is 310 g/mol. The number of rotatable bonds is 7. The molecule has 2 fully saturated rings. The van der Waals surface area contributed by atoms with Crippen LogP contribution in [-0.2, 0) is 21.3 Å². The first-order chi connectivity index (χ1) is 10.1. The summed E-state index contributed by atoms with van der Waals surface area (Å²) in [6.45, 7) is 0.802. The van der Waals surface area contributed by atoms with Gasteiger partial charge < -0.3 is 10.1 Å². The molecule has 116 valence electrons. The Morgan fingerprint density at radius 1 is 1.14 bits per heavy atom. The molecule has 0 spiro atoms. The highest BCUT2D eigenvalue weighted by atomic mass is 32.2. The lowest BCUT2D eigenvalue weighted by atomic mass is 9.90. The first kappa shape index (κ1) is 15.0. The van der Waals surface area contributed by atoms with Gasteiger partial charge in [-0.1, -0.05) is 12.1 Å². The van der Waals surface area contributed by atoms with Crippen LogP contribution in [0, 0.1) is 0 Å². The van der Waals surface area contributed by atoms with Crippen LogP contribution in [0.3, 0.4) is 0 Å². The fourth-order valence-electron chi connectivity index (χ4n) is 2.48. The zero-order valence-electron chi connectivity index (χ0n) is 12.2. The normalized spacial score (nSPS) is 25.6. The Kier molecular flexibility index (Phi) is 4.31. The molecule has 1 aromatic rings. The Morgan fingerprint density at radius 3 is 2.38 bits per heavy atom. The smallest absolute Gasteiger partial charge is 0.240 e. The van der Waals surface area contributed by atoms with E-state index in [-0.39, 0.29) is 12.1 Å². The number of hydrogen-bond donors (Lipinski definition) is 2. The van der Waals surface area contributed by atoms with Crippen molar-refractivity contribution in [3.05, 3.63) is 29.8 Å². The highest BCUT2D eigenvalue weighted by molar-refractivity contribution is 7.89. The first-order valence-corrected chi connectivity index (χ1v) is 8.92. The molecule has 2 saturated carbocycles. The standard InChI is InChI=1S/C15H22N2O3S/c1-20-14-8-13(9-14)17-21(18,19)15-6-2-11(3-7-15)10-16-12-4-5-12/h2-3,6-7,12-14,16-17H,4-5,8-10H2,1H3. The van der Waals surface area contributed by atoms with Crippen LogP contribution in [0.25, 0.3) is 0 Å². The summed E-state index contributed by atoms with van der Waals surface area (Å²) in [6, 6.07) is 7.77. The molecule has 0 aromatic heterocycles. The second-order valence-electron chi connectivity index (χ2n) is 5.95. The Bertz CT molecular complexity index is 575. The Balaban J connectivity index is 1.56. The van der Waals surface area contributed by atoms with Gasteiger partial charge in [0.15, 0.2) is 0 Å². The summed E-state index contributed by atoms with van der Waals surface area (Å²) in [5, 5.41) is 3.41. The maximum atomic E-state index is 12.3. The van der Waals surface area contributed by atoms with E-state index in [9.17, 15) is 8.42 Å². The summed E-state index contributed by atoms with van der Waals surface area (Å²) in [7, 11) is -1.76. The third-order valence-corrected chi connectivity index (χ3v) is 5.69. The molecule has 0 heterocycles. The van der Waals surface area contributed by atoms with E-state index in [1.165, 1.54) is 12.8 Å². The Morgan fingerprint density at radius 2 is 1.81 bits per heavy atom. The van der Waals surface area contributed by atoms with Crippen molar-refractivity contribution < 1.29 is 13.2 Å². The third-order valence-electron chi connectivity index (χ3n) is 4.16. The van der Waals surface area contributed by atoms with E-state index in [1.807, 2.05) is 12.1 Å². The quantitative estimate of drug-likeness (QED) is 0.799. The van der Waals surface area contributed by atoms with Crippen LogP contribution in [0.1, 0.15) is 31.2 Å². The van der Waals surface area contributed by atoms with E-state index >= 15 is 0 Å². The number of sulfonamides is 1. The SMILES string of the molecule is COC1CC(NS(=O)(=O)c2ccc(CNC3CC3)cc2)C1. The number of hydrogen-bond acceptors (Lipinski definition) is 4. The summed E-state index contributed by atoms with van der Waals surface area (Å²) < 4.78 is 32.4. The molecule has 2 aliphatic rings. The molecule has 1 aromatic carbocycles. The summed E-state index contributed by atoms with van der Waals surface area (Å²) >= 11 is 0. The van der Waals surface area contributed by atoms with Crippen LogP contribution in [0.4, 0.5) is 0 Å². The van der Waals surface area contributed by atoms with Gasteiger partial charge in [-0.15, -0.1) is 0 Å². The summed E-state index contributed by atoms with van der Waals surface area (Å²) in [6.07, 6.45) is 4.19. The molecule has 0 bridgehead atoms. The zero-order valence-corrected chi connectivity index (χ0v) is 13.0. The van der Waals surface area contributed by atoms with E-state index in [4.69, 9.17) is 4.74 Å². The minimum Gasteiger partial charge on any atom is -0.381 e. The Hall–Kier alpha value is -0.950. The molecule has 0 radical (unpaired) electrons. The van der Waals surface area contributed by atoms with Gasteiger partial charge in [0.2, 0.25) is 10.0 Å². The second-order valence-corrected chi connectivity index (χ2v) is 7.66. The summed E-state index contributed by atoms with van der Waals surface area (Å²) in [5.41, 5.74) is 1.11. The average Bonchev–Trinajstić information content (AvgIpc) is 3.25. The van der Waals surface area contributed by atoms with Gasteiger partial charge in [-0.25, -0.2) is 13.1 Å². The van der Waals surface area contributed by atoms with Crippen molar-refractivity contribution in [2.75, 3.05) is 7.11 Å². The van der Waals surface area contributed by atoms with Crippen LogP contribution in [0.2, 0.25) is 0 Å². The van der Waals surface area contributed by atoms with Crippen LogP contribution in [0.15, 0.2) is 29.2 Å². The largest absolute Gasteiger partial charge is 0.381 e. The van der Waals surface area contributed by atoms with Crippen molar-refractivity contribution in [2.24, 2.45) is 0 Å². The molecule has 6 heteroatoms. The number of benzene rings is 1. The summed E-state index contributed by atoms with van der Waals surface area (Å²) in [5.74, 6) is 0. The molecule has 3 rings (SSSR count). The monoisotopic (exact) mass is 310 g/mol. The molecular formula is C15H22N2O3S. The zero-order chi connectivity index (χ0) is 14.9. The predicted octanol–water partition coefficient (Wildman–Crippen LogP) is 1.39. The lowest BCUT2D eigenvalue weighted by molar-refractivity contribution is 0.0236. The minimum atomic E-state index is -3.41. The van der Waals surface area contributed by atoms with Crippen molar-refractivity contribution >= 4 is 10.0 Å². The van der Waals surface area contributed by atoms with Gasteiger partial charge in [-0.3, -0.25) is 0 Å². The lowest BCUT2D eigenvalue weighted by Crippen LogP contribution is -2.47. The van der Waals surface area contributed by atoms with Crippen molar-refractivity contribution in [3.8, 4) is 0 Å². The van der Waals surface area contributed by atoms with Crippen molar-refractivity contribution in [1.29, 1.82) is 0 Å².